The topological polar surface area (TPSA) is 37.4 Å². The fourth-order valence-electron chi connectivity index (χ4n) is 2.50. The zero-order chi connectivity index (χ0) is 13.7. The highest BCUT2D eigenvalue weighted by atomic mass is 79.9. The first-order chi connectivity index (χ1) is 9.16. The molecule has 0 N–H and O–H groups in total. The van der Waals surface area contributed by atoms with Gasteiger partial charge in [-0.15, -0.1) is 0 Å². The van der Waals surface area contributed by atoms with Gasteiger partial charge in [0.25, 0.3) is 10.0 Å². The second-order valence-corrected chi connectivity index (χ2v) is 7.09. The maximum absolute atomic E-state index is 12.7. The van der Waals surface area contributed by atoms with Gasteiger partial charge in [0.1, 0.15) is 0 Å². The standard InChI is InChI=1S/C14H18BrNO2S/c15-11-12-16(13-7-3-1-4-8-13)19(17,18)14-9-5-2-6-10-14/h2,5-6,9-13H,1,3-4,7-8H2. The van der Waals surface area contributed by atoms with Crippen molar-refractivity contribution >= 4 is 26.0 Å². The Morgan fingerprint density at radius 1 is 1.11 bits per heavy atom. The number of rotatable bonds is 4. The summed E-state index contributed by atoms with van der Waals surface area (Å²) in [4.78, 5) is 1.97. The molecule has 0 spiro atoms. The molecular weight excluding hydrogens is 326 g/mol. The van der Waals surface area contributed by atoms with Crippen LogP contribution in [0.1, 0.15) is 32.1 Å². The Morgan fingerprint density at radius 3 is 2.32 bits per heavy atom. The molecule has 0 aliphatic heterocycles. The molecule has 0 aromatic heterocycles. The van der Waals surface area contributed by atoms with E-state index in [9.17, 15) is 8.42 Å². The average molecular weight is 344 g/mol. The number of halogens is 1. The highest BCUT2D eigenvalue weighted by molar-refractivity contribution is 9.11. The summed E-state index contributed by atoms with van der Waals surface area (Å²) in [5.41, 5.74) is 0. The third-order valence-corrected chi connectivity index (χ3v) is 5.54. The minimum absolute atomic E-state index is 0.0766. The molecule has 1 aliphatic rings. The van der Waals surface area contributed by atoms with Crippen molar-refractivity contribution in [3.63, 3.8) is 0 Å². The van der Waals surface area contributed by atoms with E-state index in [-0.39, 0.29) is 6.04 Å². The average Bonchev–Trinajstić information content (AvgIpc) is 2.46. The first kappa shape index (κ1) is 14.6. The quantitative estimate of drug-likeness (QED) is 0.831. The van der Waals surface area contributed by atoms with Crippen molar-refractivity contribution in [2.24, 2.45) is 0 Å². The van der Waals surface area contributed by atoms with Gasteiger partial charge in [-0.25, -0.2) is 8.42 Å². The number of nitrogens with zero attached hydrogens (tertiary/aromatic N) is 1. The lowest BCUT2D eigenvalue weighted by molar-refractivity contribution is 0.306. The van der Waals surface area contributed by atoms with Gasteiger partial charge >= 0.3 is 0 Å². The Kier molecular flexibility index (Phi) is 5.05. The van der Waals surface area contributed by atoms with E-state index in [0.29, 0.717) is 4.90 Å². The van der Waals surface area contributed by atoms with Gasteiger partial charge < -0.3 is 0 Å². The molecule has 1 saturated carbocycles. The zero-order valence-electron chi connectivity index (χ0n) is 10.7. The number of benzene rings is 1. The summed E-state index contributed by atoms with van der Waals surface area (Å²) in [7, 11) is -3.45. The molecule has 1 aliphatic carbocycles. The molecule has 2 rings (SSSR count). The van der Waals surface area contributed by atoms with E-state index in [4.69, 9.17) is 0 Å². The van der Waals surface area contributed by atoms with Crippen LogP contribution in [-0.4, -0.2) is 18.8 Å². The molecule has 0 radical (unpaired) electrons. The van der Waals surface area contributed by atoms with Crippen LogP contribution in [0.25, 0.3) is 0 Å². The molecule has 1 fully saturated rings. The lowest BCUT2D eigenvalue weighted by atomic mass is 9.96. The summed E-state index contributed by atoms with van der Waals surface area (Å²) >= 11 is 3.19. The maximum atomic E-state index is 12.7. The predicted molar refractivity (Wildman–Crippen MR) is 80.4 cm³/mol. The van der Waals surface area contributed by atoms with Crippen molar-refractivity contribution in [1.29, 1.82) is 0 Å². The van der Waals surface area contributed by atoms with E-state index in [1.54, 1.807) is 35.5 Å². The van der Waals surface area contributed by atoms with Gasteiger partial charge in [-0.1, -0.05) is 53.4 Å². The minimum Gasteiger partial charge on any atom is -0.270 e. The summed E-state index contributed by atoms with van der Waals surface area (Å²) in [6.45, 7) is 0. The fraction of sp³-hybridized carbons (Fsp3) is 0.429. The van der Waals surface area contributed by atoms with E-state index in [2.05, 4.69) is 15.9 Å². The van der Waals surface area contributed by atoms with Crippen LogP contribution >= 0.6 is 15.9 Å². The number of hydrogen-bond acceptors (Lipinski definition) is 2. The van der Waals surface area contributed by atoms with Crippen LogP contribution in [0, 0.1) is 0 Å². The van der Waals surface area contributed by atoms with E-state index >= 15 is 0 Å². The third-order valence-electron chi connectivity index (χ3n) is 3.46. The molecule has 1 aromatic carbocycles. The van der Waals surface area contributed by atoms with E-state index in [1.165, 1.54) is 10.7 Å². The van der Waals surface area contributed by atoms with Crippen molar-refractivity contribution in [3.8, 4) is 0 Å². The summed E-state index contributed by atoms with van der Waals surface area (Å²) in [5, 5.41) is 0. The van der Waals surface area contributed by atoms with E-state index < -0.39 is 10.0 Å². The highest BCUT2D eigenvalue weighted by Gasteiger charge is 2.29. The van der Waals surface area contributed by atoms with Crippen LogP contribution in [0.15, 0.2) is 46.4 Å². The highest BCUT2D eigenvalue weighted by Crippen LogP contribution is 2.28. The van der Waals surface area contributed by atoms with Crippen molar-refractivity contribution < 1.29 is 8.42 Å². The van der Waals surface area contributed by atoms with Crippen molar-refractivity contribution in [2.45, 2.75) is 43.0 Å². The van der Waals surface area contributed by atoms with Gasteiger partial charge in [0.15, 0.2) is 0 Å². The molecule has 19 heavy (non-hydrogen) atoms. The lowest BCUT2D eigenvalue weighted by Gasteiger charge is -2.32. The number of sulfonamides is 1. The predicted octanol–water partition coefficient (Wildman–Crippen LogP) is 3.88. The van der Waals surface area contributed by atoms with Gasteiger partial charge in [0, 0.05) is 12.2 Å². The molecule has 104 valence electrons. The monoisotopic (exact) mass is 343 g/mol. The van der Waals surface area contributed by atoms with Gasteiger partial charge in [-0.3, -0.25) is 4.31 Å². The summed E-state index contributed by atoms with van der Waals surface area (Å²) in [6, 6.07) is 8.70. The Hall–Kier alpha value is -0.810. The van der Waals surface area contributed by atoms with Crippen LogP contribution in [0.5, 0.6) is 0 Å². The second-order valence-electron chi connectivity index (χ2n) is 4.71. The molecule has 0 heterocycles. The Bertz CT molecular complexity index is 522. The van der Waals surface area contributed by atoms with Crippen LogP contribution in [-0.2, 0) is 10.0 Å². The largest absolute Gasteiger partial charge is 0.270 e. The van der Waals surface area contributed by atoms with Gasteiger partial charge in [0.05, 0.1) is 4.90 Å². The molecule has 1 aromatic rings. The molecule has 0 saturated heterocycles. The number of hydrogen-bond donors (Lipinski definition) is 0. The first-order valence-corrected chi connectivity index (χ1v) is 8.87. The molecule has 5 heteroatoms. The normalized spacial score (nSPS) is 17.7. The SMILES string of the molecule is O=S(=O)(c1ccccc1)N(C=CBr)C1CCCCC1. The Morgan fingerprint density at radius 2 is 1.74 bits per heavy atom. The van der Waals surface area contributed by atoms with Crippen molar-refractivity contribution in [3.05, 3.63) is 41.5 Å². The Labute approximate surface area is 123 Å². The van der Waals surface area contributed by atoms with Gasteiger partial charge in [-0.05, 0) is 30.0 Å². The van der Waals surface area contributed by atoms with Crippen molar-refractivity contribution in [2.75, 3.05) is 0 Å². The molecule has 3 nitrogen and oxygen atoms in total. The van der Waals surface area contributed by atoms with Gasteiger partial charge in [-0.2, -0.15) is 0 Å². The van der Waals surface area contributed by atoms with E-state index in [1.807, 2.05) is 6.07 Å². The van der Waals surface area contributed by atoms with Gasteiger partial charge in [0.2, 0.25) is 0 Å². The second kappa shape index (κ2) is 6.57. The Balaban J connectivity index is 2.32. The zero-order valence-corrected chi connectivity index (χ0v) is 13.1. The fourth-order valence-corrected chi connectivity index (χ4v) is 4.48. The van der Waals surface area contributed by atoms with Crippen LogP contribution < -0.4 is 0 Å². The lowest BCUT2D eigenvalue weighted by Crippen LogP contribution is -2.37. The molecule has 0 amide bonds. The molecule has 0 atom stereocenters. The van der Waals surface area contributed by atoms with Crippen LogP contribution in [0.4, 0.5) is 0 Å². The summed E-state index contributed by atoms with van der Waals surface area (Å²) in [5.74, 6) is 0. The smallest absolute Gasteiger partial charge is 0.264 e. The summed E-state index contributed by atoms with van der Waals surface area (Å²) < 4.78 is 26.9. The third kappa shape index (κ3) is 3.39. The molecule has 0 bridgehead atoms. The molecule has 0 unspecified atom stereocenters. The summed E-state index contributed by atoms with van der Waals surface area (Å²) in [6.07, 6.45) is 6.89. The van der Waals surface area contributed by atoms with E-state index in [0.717, 1.165) is 25.7 Å². The molecular formula is C14H18BrNO2S. The van der Waals surface area contributed by atoms with Crippen molar-refractivity contribution in [1.82, 2.24) is 4.31 Å². The minimum atomic E-state index is -3.45. The maximum Gasteiger partial charge on any atom is 0.264 e. The first-order valence-electron chi connectivity index (χ1n) is 6.52. The van der Waals surface area contributed by atoms with Crippen LogP contribution in [0.3, 0.4) is 0 Å². The van der Waals surface area contributed by atoms with Crippen LogP contribution in [0.2, 0.25) is 0 Å².